The van der Waals surface area contributed by atoms with Crippen LogP contribution < -0.4 is 10.6 Å². The van der Waals surface area contributed by atoms with Crippen molar-refractivity contribution in [3.63, 3.8) is 0 Å². The van der Waals surface area contributed by atoms with Crippen LogP contribution in [0.1, 0.15) is 35.7 Å². The molecule has 6 nitrogen and oxygen atoms in total. The Morgan fingerprint density at radius 1 is 1.24 bits per heavy atom. The molecule has 0 bridgehead atoms. The number of hydrogen-bond acceptors (Lipinski definition) is 4. The van der Waals surface area contributed by atoms with Gasteiger partial charge in [-0.25, -0.2) is 0 Å². The summed E-state index contributed by atoms with van der Waals surface area (Å²) in [6, 6.07) is 5.43. The standard InChI is InChI=1S/C19H25N3O3/c1-12-5-6-14(18(24)20-15-7-8-15)11-17(12)21-19(25)16(13(2)23)9-10-22(3)4/h5-6,9,11,15H,7-8,10H2,1-4H3,(H,20,24)(H,21,25)/b16-9-. The molecular weight excluding hydrogens is 318 g/mol. The monoisotopic (exact) mass is 343 g/mol. The normalized spacial score (nSPS) is 14.4. The molecule has 0 saturated heterocycles. The maximum atomic E-state index is 12.5. The lowest BCUT2D eigenvalue weighted by atomic mass is 10.1. The Balaban J connectivity index is 2.16. The predicted octanol–water partition coefficient (Wildman–Crippen LogP) is 1.90. The molecule has 1 aliphatic rings. The first-order valence-electron chi connectivity index (χ1n) is 8.36. The number of Topliss-reactive ketones (excluding diaryl/α,β-unsaturated/α-hetero) is 1. The van der Waals surface area contributed by atoms with E-state index in [9.17, 15) is 14.4 Å². The van der Waals surface area contributed by atoms with E-state index < -0.39 is 5.91 Å². The van der Waals surface area contributed by atoms with Crippen molar-refractivity contribution >= 4 is 23.3 Å². The smallest absolute Gasteiger partial charge is 0.258 e. The van der Waals surface area contributed by atoms with Crippen LogP contribution in [0.3, 0.4) is 0 Å². The molecular formula is C19H25N3O3. The maximum Gasteiger partial charge on any atom is 0.258 e. The van der Waals surface area contributed by atoms with Gasteiger partial charge in [0.2, 0.25) is 0 Å². The van der Waals surface area contributed by atoms with Gasteiger partial charge >= 0.3 is 0 Å². The molecule has 0 heterocycles. The fourth-order valence-electron chi connectivity index (χ4n) is 2.25. The molecule has 1 fully saturated rings. The Hall–Kier alpha value is -2.47. The topological polar surface area (TPSA) is 78.5 Å². The van der Waals surface area contributed by atoms with E-state index in [2.05, 4.69) is 10.6 Å². The van der Waals surface area contributed by atoms with E-state index in [1.165, 1.54) is 6.92 Å². The number of hydrogen-bond donors (Lipinski definition) is 2. The summed E-state index contributed by atoms with van der Waals surface area (Å²) < 4.78 is 0. The quantitative estimate of drug-likeness (QED) is 0.450. The van der Waals surface area contributed by atoms with Gasteiger partial charge in [-0.15, -0.1) is 0 Å². The summed E-state index contributed by atoms with van der Waals surface area (Å²) in [4.78, 5) is 38.3. The van der Waals surface area contributed by atoms with Gasteiger partial charge in [0.05, 0.1) is 5.57 Å². The van der Waals surface area contributed by atoms with Crippen LogP contribution >= 0.6 is 0 Å². The molecule has 1 saturated carbocycles. The molecule has 1 aliphatic carbocycles. The van der Waals surface area contributed by atoms with E-state index in [0.717, 1.165) is 18.4 Å². The fourth-order valence-corrected chi connectivity index (χ4v) is 2.25. The first kappa shape index (κ1) is 18.9. The molecule has 134 valence electrons. The number of rotatable bonds is 7. The highest BCUT2D eigenvalue weighted by Crippen LogP contribution is 2.21. The Labute approximate surface area is 148 Å². The molecule has 25 heavy (non-hydrogen) atoms. The van der Waals surface area contributed by atoms with E-state index in [0.29, 0.717) is 17.8 Å². The van der Waals surface area contributed by atoms with Crippen LogP contribution in [-0.2, 0) is 9.59 Å². The number of nitrogens with zero attached hydrogens (tertiary/aromatic N) is 1. The summed E-state index contributed by atoms with van der Waals surface area (Å²) in [5.74, 6) is -0.898. The van der Waals surface area contributed by atoms with Crippen LogP contribution in [-0.4, -0.2) is 49.2 Å². The Kier molecular flexibility index (Phi) is 6.09. The lowest BCUT2D eigenvalue weighted by molar-refractivity contribution is -0.118. The number of ketones is 1. The van der Waals surface area contributed by atoms with Crippen molar-refractivity contribution in [1.29, 1.82) is 0 Å². The average Bonchev–Trinajstić information content (AvgIpc) is 3.32. The van der Waals surface area contributed by atoms with Gasteiger partial charge in [0.15, 0.2) is 5.78 Å². The van der Waals surface area contributed by atoms with Crippen molar-refractivity contribution in [3.05, 3.63) is 41.0 Å². The number of aryl methyl sites for hydroxylation is 1. The Bertz CT molecular complexity index is 719. The summed E-state index contributed by atoms with van der Waals surface area (Å²) in [6.45, 7) is 3.70. The van der Waals surface area contributed by atoms with Crippen molar-refractivity contribution in [2.45, 2.75) is 32.7 Å². The highest BCUT2D eigenvalue weighted by atomic mass is 16.2. The van der Waals surface area contributed by atoms with Crippen LogP contribution in [0.5, 0.6) is 0 Å². The number of carbonyl (C=O) groups is 3. The van der Waals surface area contributed by atoms with Gasteiger partial charge in [-0.05, 0) is 58.5 Å². The number of carbonyl (C=O) groups excluding carboxylic acids is 3. The summed E-state index contributed by atoms with van der Waals surface area (Å²) in [7, 11) is 3.72. The molecule has 0 radical (unpaired) electrons. The minimum Gasteiger partial charge on any atom is -0.349 e. The minimum absolute atomic E-state index is 0.112. The number of benzene rings is 1. The van der Waals surface area contributed by atoms with Crippen molar-refractivity contribution in [2.24, 2.45) is 0 Å². The van der Waals surface area contributed by atoms with Gasteiger partial charge in [0, 0.05) is 23.8 Å². The predicted molar refractivity (Wildman–Crippen MR) is 97.6 cm³/mol. The summed E-state index contributed by atoms with van der Waals surface area (Å²) in [6.07, 6.45) is 3.64. The molecule has 1 aromatic carbocycles. The lowest BCUT2D eigenvalue weighted by Gasteiger charge is -2.12. The van der Waals surface area contributed by atoms with Gasteiger partial charge in [-0.1, -0.05) is 12.1 Å². The second-order valence-electron chi connectivity index (χ2n) is 6.67. The van der Waals surface area contributed by atoms with Gasteiger partial charge in [0.25, 0.3) is 11.8 Å². The van der Waals surface area contributed by atoms with Gasteiger partial charge in [0.1, 0.15) is 0 Å². The van der Waals surface area contributed by atoms with E-state index in [1.54, 1.807) is 24.3 Å². The van der Waals surface area contributed by atoms with Crippen molar-refractivity contribution < 1.29 is 14.4 Å². The Morgan fingerprint density at radius 2 is 1.92 bits per heavy atom. The Morgan fingerprint density at radius 3 is 2.48 bits per heavy atom. The largest absolute Gasteiger partial charge is 0.349 e. The first-order chi connectivity index (χ1) is 11.8. The average molecular weight is 343 g/mol. The van der Waals surface area contributed by atoms with Crippen molar-refractivity contribution in [3.8, 4) is 0 Å². The van der Waals surface area contributed by atoms with Gasteiger partial charge < -0.3 is 15.5 Å². The number of likely N-dealkylation sites (N-methyl/N-ethyl adjacent to an activating group) is 1. The molecule has 1 aromatic rings. The summed E-state index contributed by atoms with van der Waals surface area (Å²) >= 11 is 0. The molecule has 0 aromatic heterocycles. The molecule has 0 spiro atoms. The highest BCUT2D eigenvalue weighted by Gasteiger charge is 2.24. The van der Waals surface area contributed by atoms with Gasteiger partial charge in [-0.3, -0.25) is 14.4 Å². The van der Waals surface area contributed by atoms with Crippen LogP contribution in [0, 0.1) is 6.92 Å². The summed E-state index contributed by atoms with van der Waals surface area (Å²) in [5, 5.41) is 5.67. The lowest BCUT2D eigenvalue weighted by Crippen LogP contribution is -2.26. The maximum absolute atomic E-state index is 12.5. The number of nitrogens with one attached hydrogen (secondary N) is 2. The second kappa shape index (κ2) is 8.07. The van der Waals surface area contributed by atoms with E-state index in [4.69, 9.17) is 0 Å². The molecule has 2 rings (SSSR count). The zero-order chi connectivity index (χ0) is 18.6. The summed E-state index contributed by atoms with van der Waals surface area (Å²) in [5.41, 5.74) is 1.97. The minimum atomic E-state index is -0.461. The van der Waals surface area contributed by atoms with Crippen LogP contribution in [0.25, 0.3) is 0 Å². The van der Waals surface area contributed by atoms with E-state index in [-0.39, 0.29) is 23.3 Å². The van der Waals surface area contributed by atoms with E-state index in [1.807, 2.05) is 25.9 Å². The zero-order valence-corrected chi connectivity index (χ0v) is 15.2. The molecule has 0 atom stereocenters. The number of anilines is 1. The third-order valence-corrected chi connectivity index (χ3v) is 3.95. The zero-order valence-electron chi connectivity index (χ0n) is 15.2. The van der Waals surface area contributed by atoms with E-state index >= 15 is 0 Å². The molecule has 0 aliphatic heterocycles. The third kappa shape index (κ3) is 5.53. The fraction of sp³-hybridized carbons (Fsp3) is 0.421. The molecule has 0 unspecified atom stereocenters. The molecule has 2 N–H and O–H groups in total. The highest BCUT2D eigenvalue weighted by molar-refractivity contribution is 6.23. The second-order valence-corrected chi connectivity index (χ2v) is 6.67. The number of amides is 2. The van der Waals surface area contributed by atoms with Crippen LogP contribution in [0.15, 0.2) is 29.8 Å². The van der Waals surface area contributed by atoms with Crippen molar-refractivity contribution in [2.75, 3.05) is 26.0 Å². The van der Waals surface area contributed by atoms with Crippen molar-refractivity contribution in [1.82, 2.24) is 10.2 Å². The SMILES string of the molecule is CC(=O)/C(=C/CN(C)C)C(=O)Nc1cc(C(=O)NC2CC2)ccc1C. The molecule has 6 heteroatoms. The third-order valence-electron chi connectivity index (χ3n) is 3.95. The van der Waals surface area contributed by atoms with Gasteiger partial charge in [-0.2, -0.15) is 0 Å². The van der Waals surface area contributed by atoms with Crippen LogP contribution in [0.4, 0.5) is 5.69 Å². The first-order valence-corrected chi connectivity index (χ1v) is 8.36. The molecule has 2 amide bonds. The van der Waals surface area contributed by atoms with Crippen LogP contribution in [0.2, 0.25) is 0 Å².